The van der Waals surface area contributed by atoms with Crippen molar-refractivity contribution >= 4 is 11.9 Å². The Morgan fingerprint density at radius 2 is 2.20 bits per heavy atom. The lowest BCUT2D eigenvalue weighted by atomic mass is 9.88. The zero-order valence-electron chi connectivity index (χ0n) is 11.0. The van der Waals surface area contributed by atoms with Gasteiger partial charge >= 0.3 is 11.9 Å². The van der Waals surface area contributed by atoms with E-state index in [2.05, 4.69) is 4.74 Å². The molecule has 0 radical (unpaired) electrons. The molecule has 1 saturated heterocycles. The number of alkyl halides is 2. The van der Waals surface area contributed by atoms with Gasteiger partial charge in [-0.1, -0.05) is 0 Å². The van der Waals surface area contributed by atoms with E-state index in [-0.39, 0.29) is 42.5 Å². The van der Waals surface area contributed by atoms with Gasteiger partial charge in [0.1, 0.15) is 12.7 Å². The van der Waals surface area contributed by atoms with Gasteiger partial charge in [-0.25, -0.2) is 13.6 Å². The molecule has 5 nitrogen and oxygen atoms in total. The van der Waals surface area contributed by atoms with E-state index in [1.165, 1.54) is 0 Å². The molecule has 3 aliphatic rings. The Balaban J connectivity index is 1.48. The third kappa shape index (κ3) is 2.39. The van der Waals surface area contributed by atoms with Gasteiger partial charge in [0.25, 0.3) is 5.92 Å². The summed E-state index contributed by atoms with van der Waals surface area (Å²) < 4.78 is 40.2. The SMILES string of the molecule is CC(F)(F)COC(=O)COC1C2CC3C(=O)OC1C3C2. The summed E-state index contributed by atoms with van der Waals surface area (Å²) >= 11 is 0. The zero-order valence-corrected chi connectivity index (χ0v) is 11.0. The molecule has 0 amide bonds. The van der Waals surface area contributed by atoms with Crippen LogP contribution in [0.4, 0.5) is 8.78 Å². The van der Waals surface area contributed by atoms with Crippen LogP contribution in [0.15, 0.2) is 0 Å². The summed E-state index contributed by atoms with van der Waals surface area (Å²) in [6.07, 6.45) is 1.00. The van der Waals surface area contributed by atoms with E-state index in [0.29, 0.717) is 6.92 Å². The third-order valence-electron chi connectivity index (χ3n) is 4.29. The van der Waals surface area contributed by atoms with Gasteiger partial charge in [-0.3, -0.25) is 4.79 Å². The normalized spacial score (nSPS) is 38.1. The van der Waals surface area contributed by atoms with Gasteiger partial charge in [0.05, 0.1) is 12.0 Å². The predicted octanol–water partition coefficient (Wildman–Crippen LogP) is 1.15. The summed E-state index contributed by atoms with van der Waals surface area (Å²) in [6, 6.07) is 0. The first-order valence-electron chi connectivity index (χ1n) is 6.71. The van der Waals surface area contributed by atoms with Crippen LogP contribution in [0, 0.1) is 17.8 Å². The summed E-state index contributed by atoms with van der Waals surface area (Å²) in [5.41, 5.74) is 0. The molecule has 1 heterocycles. The van der Waals surface area contributed by atoms with Crippen molar-refractivity contribution in [2.24, 2.45) is 17.8 Å². The van der Waals surface area contributed by atoms with Crippen molar-refractivity contribution in [3.05, 3.63) is 0 Å². The van der Waals surface area contributed by atoms with E-state index in [0.717, 1.165) is 12.8 Å². The largest absolute Gasteiger partial charge is 0.459 e. The van der Waals surface area contributed by atoms with E-state index >= 15 is 0 Å². The van der Waals surface area contributed by atoms with E-state index in [4.69, 9.17) is 9.47 Å². The maximum atomic E-state index is 12.5. The third-order valence-corrected chi connectivity index (χ3v) is 4.29. The monoisotopic (exact) mass is 290 g/mol. The number of carbonyl (C=O) groups excluding carboxylic acids is 2. The topological polar surface area (TPSA) is 61.8 Å². The summed E-state index contributed by atoms with van der Waals surface area (Å²) in [5, 5.41) is 0. The Hall–Kier alpha value is -1.24. The maximum Gasteiger partial charge on any atom is 0.332 e. The Kier molecular flexibility index (Phi) is 3.19. The molecule has 112 valence electrons. The van der Waals surface area contributed by atoms with Crippen LogP contribution < -0.4 is 0 Å². The van der Waals surface area contributed by atoms with Crippen LogP contribution in [0.25, 0.3) is 0 Å². The molecule has 0 N–H and O–H groups in total. The highest BCUT2D eigenvalue weighted by atomic mass is 19.3. The smallest absolute Gasteiger partial charge is 0.332 e. The fourth-order valence-electron chi connectivity index (χ4n) is 3.55. The Morgan fingerprint density at radius 1 is 1.45 bits per heavy atom. The molecule has 7 heteroatoms. The van der Waals surface area contributed by atoms with Crippen LogP contribution >= 0.6 is 0 Å². The standard InChI is InChI=1S/C13H16F2O5/c1-13(14,15)5-19-9(16)4-18-10-6-2-7-8(3-6)12(17)20-11(7)10/h6-8,10-11H,2-5H2,1H3. The van der Waals surface area contributed by atoms with Gasteiger partial charge in [0, 0.05) is 12.8 Å². The Bertz CT molecular complexity index is 433. The molecule has 2 aliphatic carbocycles. The summed E-state index contributed by atoms with van der Waals surface area (Å²) in [5.74, 6) is -3.67. The van der Waals surface area contributed by atoms with Crippen LogP contribution in [-0.2, 0) is 23.8 Å². The van der Waals surface area contributed by atoms with Crippen LogP contribution in [0.3, 0.4) is 0 Å². The zero-order chi connectivity index (χ0) is 14.5. The fourth-order valence-corrected chi connectivity index (χ4v) is 3.55. The first-order chi connectivity index (χ1) is 9.35. The van der Waals surface area contributed by atoms with Crippen molar-refractivity contribution in [2.45, 2.75) is 37.9 Å². The lowest BCUT2D eigenvalue weighted by Crippen LogP contribution is -2.36. The highest BCUT2D eigenvalue weighted by Crippen LogP contribution is 2.55. The molecule has 5 unspecified atom stereocenters. The summed E-state index contributed by atoms with van der Waals surface area (Å²) in [4.78, 5) is 22.9. The second kappa shape index (κ2) is 4.65. The van der Waals surface area contributed by atoms with Crippen molar-refractivity contribution in [3.8, 4) is 0 Å². The fraction of sp³-hybridized carbons (Fsp3) is 0.846. The van der Waals surface area contributed by atoms with Crippen LogP contribution in [0.2, 0.25) is 0 Å². The van der Waals surface area contributed by atoms with E-state index in [9.17, 15) is 18.4 Å². The first-order valence-corrected chi connectivity index (χ1v) is 6.71. The molecule has 0 aromatic rings. The number of esters is 2. The summed E-state index contributed by atoms with van der Waals surface area (Å²) in [6.45, 7) is -0.662. The number of hydrogen-bond acceptors (Lipinski definition) is 5. The van der Waals surface area contributed by atoms with Crippen LogP contribution in [0.1, 0.15) is 19.8 Å². The molecule has 0 spiro atoms. The second-order valence-electron chi connectivity index (χ2n) is 5.91. The number of fused-ring (bicyclic) bond motifs is 1. The molecule has 2 saturated carbocycles. The van der Waals surface area contributed by atoms with Gasteiger partial charge in [-0.15, -0.1) is 0 Å². The molecule has 3 fully saturated rings. The van der Waals surface area contributed by atoms with Crippen molar-refractivity contribution < 1.29 is 32.6 Å². The maximum absolute atomic E-state index is 12.5. The van der Waals surface area contributed by atoms with Crippen LogP contribution in [0.5, 0.6) is 0 Å². The minimum atomic E-state index is -3.05. The first kappa shape index (κ1) is 13.7. The van der Waals surface area contributed by atoms with E-state index in [1.54, 1.807) is 0 Å². The lowest BCUT2D eigenvalue weighted by Gasteiger charge is -2.25. The van der Waals surface area contributed by atoms with Crippen LogP contribution in [-0.4, -0.2) is 43.3 Å². The minimum absolute atomic E-state index is 0.0180. The number of halogens is 2. The van der Waals surface area contributed by atoms with E-state index in [1.807, 2.05) is 0 Å². The molecule has 0 aromatic heterocycles. The van der Waals surface area contributed by atoms with Gasteiger partial charge in [-0.2, -0.15) is 0 Å². The quantitative estimate of drug-likeness (QED) is 0.711. The molecule has 2 bridgehead atoms. The summed E-state index contributed by atoms with van der Waals surface area (Å²) in [7, 11) is 0. The van der Waals surface area contributed by atoms with Gasteiger partial charge in [0.2, 0.25) is 0 Å². The van der Waals surface area contributed by atoms with Crippen molar-refractivity contribution in [1.82, 2.24) is 0 Å². The highest BCUT2D eigenvalue weighted by Gasteiger charge is 2.62. The average Bonchev–Trinajstić information content (AvgIpc) is 2.95. The number of carbonyl (C=O) groups is 2. The van der Waals surface area contributed by atoms with Crippen molar-refractivity contribution in [1.29, 1.82) is 0 Å². The lowest BCUT2D eigenvalue weighted by molar-refractivity contribution is -0.164. The molecular weight excluding hydrogens is 274 g/mol. The van der Waals surface area contributed by atoms with Gasteiger partial charge < -0.3 is 14.2 Å². The predicted molar refractivity (Wildman–Crippen MR) is 60.9 cm³/mol. The highest BCUT2D eigenvalue weighted by molar-refractivity contribution is 5.76. The number of ether oxygens (including phenoxy) is 3. The molecule has 1 aliphatic heterocycles. The van der Waals surface area contributed by atoms with E-state index < -0.39 is 18.5 Å². The Morgan fingerprint density at radius 3 is 2.90 bits per heavy atom. The van der Waals surface area contributed by atoms with Gasteiger partial charge in [-0.05, 0) is 18.8 Å². The number of hydrogen-bond donors (Lipinski definition) is 0. The average molecular weight is 290 g/mol. The Labute approximate surface area is 114 Å². The van der Waals surface area contributed by atoms with Gasteiger partial charge in [0.15, 0.2) is 6.61 Å². The second-order valence-corrected chi connectivity index (χ2v) is 5.91. The molecule has 3 rings (SSSR count). The molecule has 5 atom stereocenters. The molecule has 0 aromatic carbocycles. The molecular formula is C13H16F2O5. The molecule has 20 heavy (non-hydrogen) atoms. The van der Waals surface area contributed by atoms with Crippen molar-refractivity contribution in [3.63, 3.8) is 0 Å². The minimum Gasteiger partial charge on any atom is -0.459 e. The van der Waals surface area contributed by atoms with Crippen molar-refractivity contribution in [2.75, 3.05) is 13.2 Å². The number of rotatable bonds is 5.